The van der Waals surface area contributed by atoms with Gasteiger partial charge in [0.2, 0.25) is 0 Å². The fourth-order valence-corrected chi connectivity index (χ4v) is 3.91. The highest BCUT2D eigenvalue weighted by Crippen LogP contribution is 2.39. The molecule has 6 nitrogen and oxygen atoms in total. The maximum atomic E-state index is 12.6. The van der Waals surface area contributed by atoms with Crippen LogP contribution in [0.15, 0.2) is 66.7 Å². The molecule has 3 aromatic rings. The Morgan fingerprint density at radius 3 is 2.24 bits per heavy atom. The summed E-state index contributed by atoms with van der Waals surface area (Å²) in [4.78, 5) is 24.8. The number of ether oxygens (including phenoxy) is 3. The van der Waals surface area contributed by atoms with Gasteiger partial charge >= 0.3 is 12.1 Å². The summed E-state index contributed by atoms with van der Waals surface area (Å²) < 4.78 is 16.7. The Morgan fingerprint density at radius 2 is 1.61 bits per heavy atom. The Bertz CT molecular complexity index is 1330. The van der Waals surface area contributed by atoms with Gasteiger partial charge in [-0.2, -0.15) is 0 Å². The highest BCUT2D eigenvalue weighted by molar-refractivity contribution is 5.85. The minimum Gasteiger partial charge on any atom is -0.487 e. The van der Waals surface area contributed by atoms with Crippen LogP contribution in [0.4, 0.5) is 4.79 Å². The van der Waals surface area contributed by atoms with Crippen molar-refractivity contribution in [1.29, 1.82) is 0 Å². The van der Waals surface area contributed by atoms with E-state index in [9.17, 15) is 9.59 Å². The lowest BCUT2D eigenvalue weighted by Gasteiger charge is -2.25. The van der Waals surface area contributed by atoms with Crippen molar-refractivity contribution in [2.45, 2.75) is 58.8 Å². The number of esters is 1. The number of carbonyl (C=O) groups is 2. The number of benzene rings is 3. The van der Waals surface area contributed by atoms with Crippen LogP contribution < -0.4 is 10.1 Å². The summed E-state index contributed by atoms with van der Waals surface area (Å²) in [7, 11) is 1.37. The smallest absolute Gasteiger partial charge is 0.407 e. The van der Waals surface area contributed by atoms with E-state index in [2.05, 4.69) is 11.2 Å². The Labute approximate surface area is 225 Å². The molecular formula is C32H35NO5. The predicted octanol–water partition coefficient (Wildman–Crippen LogP) is 6.39. The summed E-state index contributed by atoms with van der Waals surface area (Å²) in [6.45, 7) is 9.64. The number of carbonyl (C=O) groups excluding carboxylic acids is 2. The second-order valence-corrected chi connectivity index (χ2v) is 10.5. The van der Waals surface area contributed by atoms with Crippen molar-refractivity contribution >= 4 is 12.1 Å². The lowest BCUT2D eigenvalue weighted by atomic mass is 9.82. The molecule has 0 atom stereocenters. The van der Waals surface area contributed by atoms with E-state index in [-0.39, 0.29) is 12.5 Å². The molecule has 0 bridgehead atoms. The van der Waals surface area contributed by atoms with Crippen LogP contribution >= 0.6 is 0 Å². The highest BCUT2D eigenvalue weighted by Gasteiger charge is 2.32. The molecule has 0 spiro atoms. The van der Waals surface area contributed by atoms with E-state index in [0.29, 0.717) is 23.5 Å². The molecule has 1 N–H and O–H groups in total. The second-order valence-electron chi connectivity index (χ2n) is 10.5. The number of alkyl carbamates (subject to hydrolysis) is 1. The predicted molar refractivity (Wildman–Crippen MR) is 149 cm³/mol. The number of hydrogen-bond acceptors (Lipinski definition) is 5. The molecule has 0 aliphatic heterocycles. The van der Waals surface area contributed by atoms with E-state index in [4.69, 9.17) is 20.6 Å². The first-order valence-corrected chi connectivity index (χ1v) is 12.4. The summed E-state index contributed by atoms with van der Waals surface area (Å²) >= 11 is 0. The van der Waals surface area contributed by atoms with Gasteiger partial charge in [0.05, 0.1) is 18.1 Å². The maximum Gasteiger partial charge on any atom is 0.407 e. The van der Waals surface area contributed by atoms with Crippen LogP contribution in [-0.2, 0) is 32.8 Å². The zero-order valence-electron chi connectivity index (χ0n) is 22.9. The molecule has 0 heterocycles. The molecule has 0 aliphatic carbocycles. The van der Waals surface area contributed by atoms with E-state index in [1.165, 1.54) is 7.11 Å². The number of hydrogen-bond donors (Lipinski definition) is 1. The van der Waals surface area contributed by atoms with Gasteiger partial charge in [0.15, 0.2) is 0 Å². The Balaban J connectivity index is 2.05. The Morgan fingerprint density at radius 1 is 0.921 bits per heavy atom. The number of nitrogens with one attached hydrogen (secondary N) is 1. The van der Waals surface area contributed by atoms with Crippen LogP contribution in [0.3, 0.4) is 0 Å². The third-order valence-corrected chi connectivity index (χ3v) is 5.96. The van der Waals surface area contributed by atoms with Crippen LogP contribution in [0.25, 0.3) is 11.1 Å². The van der Waals surface area contributed by atoms with Gasteiger partial charge in [0, 0.05) is 12.1 Å². The van der Waals surface area contributed by atoms with Gasteiger partial charge in [0.1, 0.15) is 18.0 Å². The van der Waals surface area contributed by atoms with E-state index < -0.39 is 17.1 Å². The molecule has 0 unspecified atom stereocenters. The molecule has 0 saturated heterocycles. The molecule has 0 aliphatic rings. The first-order chi connectivity index (χ1) is 17.9. The summed E-state index contributed by atoms with van der Waals surface area (Å²) in [5.41, 5.74) is 3.13. The zero-order valence-corrected chi connectivity index (χ0v) is 22.9. The first kappa shape index (κ1) is 28.3. The van der Waals surface area contributed by atoms with Crippen LogP contribution in [-0.4, -0.2) is 24.8 Å². The SMILES string of the molecule is C#Cc1cc(C(C)(C)C(=O)OC)cc(-c2cccc(CNC(=O)OC(C)(C)C)c2)c1OCc1ccccc1. The van der Waals surface area contributed by atoms with Gasteiger partial charge in [-0.3, -0.25) is 4.79 Å². The van der Waals surface area contributed by atoms with Gasteiger partial charge in [0.25, 0.3) is 0 Å². The summed E-state index contributed by atoms with van der Waals surface area (Å²) in [6.07, 6.45) is 5.45. The second kappa shape index (κ2) is 11.9. The molecule has 1 amide bonds. The quantitative estimate of drug-likeness (QED) is 0.279. The van der Waals surface area contributed by atoms with Gasteiger partial charge in [-0.05, 0) is 75.1 Å². The van der Waals surface area contributed by atoms with Crippen LogP contribution in [0, 0.1) is 12.3 Å². The van der Waals surface area contributed by atoms with Crippen molar-refractivity contribution in [2.75, 3.05) is 7.11 Å². The molecule has 0 saturated carbocycles. The highest BCUT2D eigenvalue weighted by atomic mass is 16.6. The minimum atomic E-state index is -0.942. The fourth-order valence-electron chi connectivity index (χ4n) is 3.91. The monoisotopic (exact) mass is 513 g/mol. The van der Waals surface area contributed by atoms with Crippen molar-refractivity contribution in [3.8, 4) is 29.2 Å². The average molecular weight is 514 g/mol. The summed E-state index contributed by atoms with van der Waals surface area (Å²) in [5, 5.41) is 2.79. The molecule has 198 valence electrons. The standard InChI is InChI=1S/C32H35NO5/c1-8-24-18-26(32(5,6)29(34)36-7)19-27(28(24)37-21-22-13-10-9-11-14-22)25-16-12-15-23(17-25)20-33-30(35)38-31(2,3)4/h1,9-19H,20-21H2,2-7H3,(H,33,35). The number of terminal acetylenes is 1. The summed E-state index contributed by atoms with van der Waals surface area (Å²) in [5.74, 6) is 2.90. The molecule has 6 heteroatoms. The zero-order chi connectivity index (χ0) is 27.9. The van der Waals surface area contributed by atoms with E-state index in [1.807, 2.05) is 81.4 Å². The number of rotatable bonds is 8. The normalized spacial score (nSPS) is 11.3. The maximum absolute atomic E-state index is 12.6. The molecule has 0 aromatic heterocycles. The molecule has 38 heavy (non-hydrogen) atoms. The Kier molecular flexibility index (Phi) is 8.85. The third-order valence-electron chi connectivity index (χ3n) is 5.96. The lowest BCUT2D eigenvalue weighted by Crippen LogP contribution is -2.32. The van der Waals surface area contributed by atoms with Gasteiger partial charge in [-0.1, -0.05) is 54.5 Å². The van der Waals surface area contributed by atoms with Gasteiger partial charge in [-0.15, -0.1) is 6.42 Å². The molecule has 3 aromatic carbocycles. The van der Waals surface area contributed by atoms with Crippen molar-refractivity contribution in [3.63, 3.8) is 0 Å². The van der Waals surface area contributed by atoms with Gasteiger partial charge < -0.3 is 19.5 Å². The average Bonchev–Trinajstić information content (AvgIpc) is 2.89. The minimum absolute atomic E-state index is 0.276. The van der Waals surface area contributed by atoms with Crippen LogP contribution in [0.2, 0.25) is 0 Å². The molecule has 3 rings (SSSR count). The fraction of sp³-hybridized carbons (Fsp3) is 0.312. The number of amides is 1. The lowest BCUT2D eigenvalue weighted by molar-refractivity contribution is -0.146. The molecular weight excluding hydrogens is 478 g/mol. The first-order valence-electron chi connectivity index (χ1n) is 12.4. The molecule has 0 radical (unpaired) electrons. The Hall–Kier alpha value is -4.24. The van der Waals surface area contributed by atoms with Gasteiger partial charge in [-0.25, -0.2) is 4.79 Å². The summed E-state index contributed by atoms with van der Waals surface area (Å²) in [6, 6.07) is 21.2. The van der Waals surface area contributed by atoms with Crippen molar-refractivity contribution in [3.05, 3.63) is 89.0 Å². The topological polar surface area (TPSA) is 73.9 Å². The van der Waals surface area contributed by atoms with E-state index in [0.717, 1.165) is 22.3 Å². The van der Waals surface area contributed by atoms with Crippen molar-refractivity contribution in [1.82, 2.24) is 5.32 Å². The van der Waals surface area contributed by atoms with Crippen LogP contribution in [0.1, 0.15) is 56.9 Å². The van der Waals surface area contributed by atoms with E-state index >= 15 is 0 Å². The van der Waals surface area contributed by atoms with E-state index in [1.54, 1.807) is 19.9 Å². The largest absolute Gasteiger partial charge is 0.487 e. The molecule has 0 fully saturated rings. The number of methoxy groups -OCH3 is 1. The third kappa shape index (κ3) is 7.17. The van der Waals surface area contributed by atoms with Crippen molar-refractivity contribution < 1.29 is 23.8 Å². The van der Waals surface area contributed by atoms with Crippen LogP contribution in [0.5, 0.6) is 5.75 Å². The van der Waals surface area contributed by atoms with Crippen molar-refractivity contribution in [2.24, 2.45) is 0 Å².